The molecule has 1 amide bonds. The fourth-order valence-electron chi connectivity index (χ4n) is 12.2. The maximum absolute atomic E-state index is 13.1. The number of aliphatic hydroxyl groups is 1. The number of nitrogens with zero attached hydrogens (tertiary/aromatic N) is 1. The van der Waals surface area contributed by atoms with Gasteiger partial charge in [0.25, 0.3) is 7.82 Å². The highest BCUT2D eigenvalue weighted by molar-refractivity contribution is 7.45. The molecule has 3 unspecified atom stereocenters. The fraction of sp³-hybridized carbons (Fsp3) is 0.864. The van der Waals surface area contributed by atoms with Crippen LogP contribution in [0.3, 0.4) is 0 Å². The molecule has 530 valence electrons. The topological polar surface area (TPSA) is 108 Å². The number of allylic oxidation sites excluding steroid dienone is 9. The molecule has 0 spiro atoms. The van der Waals surface area contributed by atoms with Crippen LogP contribution in [0.1, 0.15) is 399 Å². The number of rotatable bonds is 74. The van der Waals surface area contributed by atoms with Gasteiger partial charge in [0, 0.05) is 6.42 Å². The Morgan fingerprint density at radius 1 is 0.400 bits per heavy atom. The standard InChI is InChI=1S/C81H155N2O6P/c1-6-8-10-12-14-16-18-20-22-24-26-28-30-32-34-36-37-38-39-40-41-42-43-44-45-47-49-51-53-55-57-59-61-63-65-67-69-71-73-75-81(85)82-79(78-89-90(86,87)88-77-76-83(3,4)5)80(84)74-72-70-68-66-64-62-60-58-56-54-52-50-48-46-35-33-31-29-27-25-23-21-19-17-15-13-11-9-7-2/h8,10,14,16,20,22,26,28,72,74,79-80,84H,6-7,9,11-13,15,17-19,21,23-25,27,29-71,73,75-78H2,1-5H3,(H-,82,85,86,87)/b10-8-,16-14-,22-20-,28-26-,74-72+. The number of quaternary nitrogens is 1. The van der Waals surface area contributed by atoms with E-state index in [1.807, 2.05) is 27.2 Å². The quantitative estimate of drug-likeness (QED) is 0.0272. The molecule has 0 radical (unpaired) electrons. The molecule has 0 aromatic heterocycles. The van der Waals surface area contributed by atoms with E-state index in [1.54, 1.807) is 6.08 Å². The number of likely N-dealkylation sites (N-methyl/N-ethyl adjacent to an activating group) is 1. The van der Waals surface area contributed by atoms with Crippen molar-refractivity contribution < 1.29 is 32.9 Å². The average Bonchev–Trinajstić information content (AvgIpc) is 3.72. The molecule has 9 heteroatoms. The molecular formula is C81H155N2O6P. The Morgan fingerprint density at radius 3 is 0.989 bits per heavy atom. The molecule has 0 saturated carbocycles. The van der Waals surface area contributed by atoms with E-state index in [1.165, 1.54) is 315 Å². The second-order valence-corrected chi connectivity index (χ2v) is 29.8. The van der Waals surface area contributed by atoms with E-state index >= 15 is 0 Å². The molecule has 0 aliphatic carbocycles. The first-order valence-corrected chi connectivity index (χ1v) is 41.1. The van der Waals surface area contributed by atoms with Crippen LogP contribution < -0.4 is 10.2 Å². The van der Waals surface area contributed by atoms with Gasteiger partial charge < -0.3 is 28.8 Å². The van der Waals surface area contributed by atoms with Crippen LogP contribution in [0.2, 0.25) is 0 Å². The van der Waals surface area contributed by atoms with Crippen molar-refractivity contribution in [2.75, 3.05) is 40.9 Å². The van der Waals surface area contributed by atoms with Gasteiger partial charge in [-0.3, -0.25) is 9.36 Å². The summed E-state index contributed by atoms with van der Waals surface area (Å²) in [6.45, 7) is 4.60. The summed E-state index contributed by atoms with van der Waals surface area (Å²) in [7, 11) is 1.28. The number of phosphoric ester groups is 1. The van der Waals surface area contributed by atoms with Crippen LogP contribution in [-0.4, -0.2) is 68.5 Å². The predicted molar refractivity (Wildman–Crippen MR) is 394 cm³/mol. The molecular weight excluding hydrogens is 1130 g/mol. The normalized spacial score (nSPS) is 13.8. The van der Waals surface area contributed by atoms with Gasteiger partial charge in [0.1, 0.15) is 13.2 Å². The highest BCUT2D eigenvalue weighted by Crippen LogP contribution is 2.38. The summed E-state index contributed by atoms with van der Waals surface area (Å²) in [5, 5.41) is 14.0. The first kappa shape index (κ1) is 88.2. The van der Waals surface area contributed by atoms with E-state index in [0.29, 0.717) is 17.4 Å². The number of carbonyl (C=O) groups is 1. The second-order valence-electron chi connectivity index (χ2n) is 28.4. The van der Waals surface area contributed by atoms with Crippen molar-refractivity contribution >= 4 is 13.7 Å². The number of hydrogen-bond acceptors (Lipinski definition) is 6. The molecule has 90 heavy (non-hydrogen) atoms. The molecule has 0 saturated heterocycles. The Kier molecular flexibility index (Phi) is 70.1. The van der Waals surface area contributed by atoms with E-state index in [9.17, 15) is 19.4 Å². The third kappa shape index (κ3) is 73.6. The number of amides is 1. The van der Waals surface area contributed by atoms with Crippen molar-refractivity contribution in [2.45, 2.75) is 411 Å². The summed E-state index contributed by atoms with van der Waals surface area (Å²) >= 11 is 0. The van der Waals surface area contributed by atoms with Gasteiger partial charge in [-0.15, -0.1) is 0 Å². The summed E-state index contributed by atoms with van der Waals surface area (Å²) < 4.78 is 23.5. The van der Waals surface area contributed by atoms with Gasteiger partial charge >= 0.3 is 0 Å². The fourth-order valence-corrected chi connectivity index (χ4v) is 12.9. The number of unbranched alkanes of at least 4 members (excludes halogenated alkanes) is 53. The minimum Gasteiger partial charge on any atom is -0.756 e. The number of aliphatic hydroxyl groups excluding tert-OH is 1. The van der Waals surface area contributed by atoms with Gasteiger partial charge in [0.15, 0.2) is 0 Å². The summed E-state index contributed by atoms with van der Waals surface area (Å²) in [4.78, 5) is 25.7. The van der Waals surface area contributed by atoms with Crippen LogP contribution in [0.5, 0.6) is 0 Å². The lowest BCUT2D eigenvalue weighted by molar-refractivity contribution is -0.870. The van der Waals surface area contributed by atoms with Crippen molar-refractivity contribution in [3.63, 3.8) is 0 Å². The predicted octanol–water partition coefficient (Wildman–Crippen LogP) is 25.3. The Bertz CT molecular complexity index is 1650. The molecule has 0 aromatic carbocycles. The molecule has 0 aliphatic heterocycles. The molecule has 2 N–H and O–H groups in total. The highest BCUT2D eigenvalue weighted by atomic mass is 31.2. The molecule has 0 aromatic rings. The second kappa shape index (κ2) is 71.5. The summed E-state index contributed by atoms with van der Waals surface area (Å²) in [5.74, 6) is -0.189. The van der Waals surface area contributed by atoms with Gasteiger partial charge in [-0.2, -0.15) is 0 Å². The molecule has 8 nitrogen and oxygen atoms in total. The van der Waals surface area contributed by atoms with Crippen LogP contribution >= 0.6 is 7.82 Å². The molecule has 0 rings (SSSR count). The zero-order valence-corrected chi connectivity index (χ0v) is 61.8. The van der Waals surface area contributed by atoms with E-state index in [-0.39, 0.29) is 19.1 Å². The molecule has 0 bridgehead atoms. The van der Waals surface area contributed by atoms with Crippen LogP contribution in [0.15, 0.2) is 60.8 Å². The first-order chi connectivity index (χ1) is 44.0. The van der Waals surface area contributed by atoms with Gasteiger partial charge in [-0.25, -0.2) is 0 Å². The number of carbonyl (C=O) groups excluding carboxylic acids is 1. The van der Waals surface area contributed by atoms with E-state index in [0.717, 1.165) is 64.2 Å². The molecule has 0 heterocycles. The monoisotopic (exact) mass is 1280 g/mol. The largest absolute Gasteiger partial charge is 0.756 e. The number of nitrogens with one attached hydrogen (secondary N) is 1. The molecule has 0 aliphatic rings. The van der Waals surface area contributed by atoms with Gasteiger partial charge in [-0.05, 0) is 57.8 Å². The van der Waals surface area contributed by atoms with E-state index < -0.39 is 20.0 Å². The van der Waals surface area contributed by atoms with Crippen LogP contribution in [0.25, 0.3) is 0 Å². The SMILES string of the molecule is CC/C=C\C/C=C\C/C=C\C/C=C\CCCCCCCCCCCCCCCCCCCCCCCCCCCCC(=O)NC(COP(=O)([O-])OCC[N+](C)(C)C)C(O)/C=C/CCCCCCCCCCCCCCCCCCCCCCCCCCCCC. The van der Waals surface area contributed by atoms with Crippen LogP contribution in [0, 0.1) is 0 Å². The summed E-state index contributed by atoms with van der Waals surface area (Å²) in [6, 6.07) is -0.888. The van der Waals surface area contributed by atoms with Crippen molar-refractivity contribution in [3.8, 4) is 0 Å². The van der Waals surface area contributed by atoms with Crippen LogP contribution in [-0.2, 0) is 18.4 Å². The van der Waals surface area contributed by atoms with Crippen LogP contribution in [0.4, 0.5) is 0 Å². The highest BCUT2D eigenvalue weighted by Gasteiger charge is 2.23. The van der Waals surface area contributed by atoms with Crippen molar-refractivity contribution in [1.82, 2.24) is 5.32 Å². The van der Waals surface area contributed by atoms with E-state index in [2.05, 4.69) is 67.8 Å². The smallest absolute Gasteiger partial charge is 0.268 e. The minimum atomic E-state index is -4.61. The van der Waals surface area contributed by atoms with Gasteiger partial charge in [0.05, 0.1) is 39.9 Å². The average molecular weight is 1280 g/mol. The van der Waals surface area contributed by atoms with Crippen molar-refractivity contribution in [3.05, 3.63) is 60.8 Å². The van der Waals surface area contributed by atoms with Gasteiger partial charge in [-0.1, -0.05) is 396 Å². The third-order valence-corrected chi connectivity index (χ3v) is 19.2. The third-order valence-electron chi connectivity index (χ3n) is 18.2. The van der Waals surface area contributed by atoms with E-state index in [4.69, 9.17) is 9.05 Å². The zero-order chi connectivity index (χ0) is 65.5. The maximum Gasteiger partial charge on any atom is 0.268 e. The summed E-state index contributed by atoms with van der Waals surface area (Å²) in [5.41, 5.74) is 0. The van der Waals surface area contributed by atoms with Crippen molar-refractivity contribution in [2.24, 2.45) is 0 Å². The zero-order valence-electron chi connectivity index (χ0n) is 60.9. The lowest BCUT2D eigenvalue weighted by Gasteiger charge is -2.29. The summed E-state index contributed by atoms with van der Waals surface area (Å²) in [6.07, 6.45) is 99.6. The Balaban J connectivity index is 3.93. The lowest BCUT2D eigenvalue weighted by atomic mass is 10.0. The molecule has 0 fully saturated rings. The Morgan fingerprint density at radius 2 is 0.678 bits per heavy atom. The Hall–Kier alpha value is -1.80. The number of phosphoric acid groups is 1. The lowest BCUT2D eigenvalue weighted by Crippen LogP contribution is -2.45. The Labute approximate surface area is 562 Å². The molecule has 3 atom stereocenters. The first-order valence-electron chi connectivity index (χ1n) is 39.7. The number of hydrogen-bond donors (Lipinski definition) is 2. The van der Waals surface area contributed by atoms with Crippen molar-refractivity contribution in [1.29, 1.82) is 0 Å². The van der Waals surface area contributed by atoms with Gasteiger partial charge in [0.2, 0.25) is 5.91 Å². The maximum atomic E-state index is 13.1. The minimum absolute atomic E-state index is 0.000863.